The average molecular weight is 175 g/mol. The molecule has 0 aromatic heterocycles. The minimum Gasteiger partial charge on any atom is -0.394 e. The quantitative estimate of drug-likeness (QED) is 0.506. The second kappa shape index (κ2) is 6.37. The van der Waals surface area contributed by atoms with Crippen LogP contribution in [0.15, 0.2) is 0 Å². The van der Waals surface area contributed by atoms with Crippen molar-refractivity contribution in [2.24, 2.45) is 0 Å². The highest BCUT2D eigenvalue weighted by Gasteiger charge is 2.16. The molecule has 0 bridgehead atoms. The topological polar surface area (TPSA) is 50.7 Å². The van der Waals surface area contributed by atoms with Crippen LogP contribution in [-0.2, 0) is 9.47 Å². The van der Waals surface area contributed by atoms with Gasteiger partial charge in [-0.25, -0.2) is 0 Å². The van der Waals surface area contributed by atoms with E-state index in [0.717, 1.165) is 32.8 Å². The predicted octanol–water partition coefficient (Wildman–Crippen LogP) is -0.626. The molecule has 1 rings (SSSR count). The highest BCUT2D eigenvalue weighted by molar-refractivity contribution is 4.72. The normalized spacial score (nSPS) is 17.8. The van der Waals surface area contributed by atoms with Gasteiger partial charge in [-0.3, -0.25) is 0 Å². The smallest absolute Gasteiger partial charge is 0.0697 e. The Kier molecular flexibility index (Phi) is 5.27. The molecule has 1 heterocycles. The molecule has 1 aliphatic rings. The van der Waals surface area contributed by atoms with Crippen LogP contribution >= 0.6 is 0 Å². The summed E-state index contributed by atoms with van der Waals surface area (Å²) in [5, 5.41) is 11.7. The minimum absolute atomic E-state index is 0.115. The highest BCUT2D eigenvalue weighted by Crippen LogP contribution is 1.98. The van der Waals surface area contributed by atoms with Gasteiger partial charge >= 0.3 is 0 Å². The summed E-state index contributed by atoms with van der Waals surface area (Å²) >= 11 is 0. The Morgan fingerprint density at radius 2 is 2.25 bits per heavy atom. The van der Waals surface area contributed by atoms with Gasteiger partial charge in [-0.05, 0) is 13.0 Å². The summed E-state index contributed by atoms with van der Waals surface area (Å²) in [5.41, 5.74) is 0. The Hall–Kier alpha value is -0.160. The van der Waals surface area contributed by atoms with Crippen LogP contribution in [-0.4, -0.2) is 50.7 Å². The van der Waals surface area contributed by atoms with Crippen molar-refractivity contribution in [3.63, 3.8) is 0 Å². The van der Waals surface area contributed by atoms with Crippen molar-refractivity contribution >= 4 is 0 Å². The summed E-state index contributed by atoms with van der Waals surface area (Å²) in [6.45, 7) is 3.95. The van der Waals surface area contributed by atoms with Crippen molar-refractivity contribution < 1.29 is 14.6 Å². The van der Waals surface area contributed by atoms with E-state index in [-0.39, 0.29) is 6.61 Å². The molecule has 4 heteroatoms. The molecule has 0 spiro atoms. The van der Waals surface area contributed by atoms with Crippen molar-refractivity contribution in [2.45, 2.75) is 12.5 Å². The van der Waals surface area contributed by atoms with E-state index in [2.05, 4.69) is 5.32 Å². The molecule has 0 atom stereocenters. The van der Waals surface area contributed by atoms with Gasteiger partial charge < -0.3 is 19.9 Å². The van der Waals surface area contributed by atoms with E-state index in [4.69, 9.17) is 14.6 Å². The molecule has 2 N–H and O–H groups in total. The van der Waals surface area contributed by atoms with Gasteiger partial charge in [-0.1, -0.05) is 0 Å². The molecule has 1 saturated heterocycles. The van der Waals surface area contributed by atoms with Crippen LogP contribution < -0.4 is 5.32 Å². The van der Waals surface area contributed by atoms with E-state index in [0.29, 0.717) is 12.6 Å². The number of aliphatic hydroxyl groups excluding tert-OH is 1. The molecule has 12 heavy (non-hydrogen) atoms. The van der Waals surface area contributed by atoms with E-state index in [1.165, 1.54) is 0 Å². The van der Waals surface area contributed by atoms with E-state index in [9.17, 15) is 0 Å². The van der Waals surface area contributed by atoms with Gasteiger partial charge in [0.25, 0.3) is 0 Å². The van der Waals surface area contributed by atoms with Crippen LogP contribution in [0.1, 0.15) is 6.42 Å². The largest absolute Gasteiger partial charge is 0.394 e. The van der Waals surface area contributed by atoms with E-state index >= 15 is 0 Å². The summed E-state index contributed by atoms with van der Waals surface area (Å²) in [6.07, 6.45) is 0.997. The number of aliphatic hydroxyl groups is 1. The molecule has 0 aromatic carbocycles. The predicted molar refractivity (Wildman–Crippen MR) is 45.1 cm³/mol. The van der Waals surface area contributed by atoms with Crippen molar-refractivity contribution in [1.29, 1.82) is 0 Å². The van der Waals surface area contributed by atoms with Crippen LogP contribution in [0, 0.1) is 0 Å². The standard InChI is InChI=1S/C8H17NO3/c10-3-5-11-4-1-2-9-8-6-12-7-8/h8-10H,1-7H2. The average Bonchev–Trinajstić information content (AvgIpc) is 2.00. The summed E-state index contributed by atoms with van der Waals surface area (Å²) < 4.78 is 10.1. The van der Waals surface area contributed by atoms with E-state index in [1.807, 2.05) is 0 Å². The lowest BCUT2D eigenvalue weighted by molar-refractivity contribution is -0.00600. The molecule has 1 fully saturated rings. The molecule has 0 unspecified atom stereocenters. The fourth-order valence-corrected chi connectivity index (χ4v) is 1.00. The Balaban J connectivity index is 1.70. The molecule has 4 nitrogen and oxygen atoms in total. The lowest BCUT2D eigenvalue weighted by Gasteiger charge is -2.26. The molecule has 72 valence electrons. The van der Waals surface area contributed by atoms with Crippen LogP contribution in [0.3, 0.4) is 0 Å². The Labute approximate surface area is 72.9 Å². The zero-order valence-corrected chi connectivity index (χ0v) is 7.29. The van der Waals surface area contributed by atoms with Gasteiger partial charge in [-0.15, -0.1) is 0 Å². The molecule has 0 radical (unpaired) electrons. The maximum absolute atomic E-state index is 8.40. The number of hydrogen-bond donors (Lipinski definition) is 2. The second-order valence-electron chi connectivity index (χ2n) is 2.88. The fraction of sp³-hybridized carbons (Fsp3) is 1.00. The van der Waals surface area contributed by atoms with Crippen molar-refractivity contribution in [3.8, 4) is 0 Å². The van der Waals surface area contributed by atoms with Gasteiger partial charge in [0, 0.05) is 6.61 Å². The molecule has 0 amide bonds. The number of rotatable bonds is 7. The zero-order chi connectivity index (χ0) is 8.65. The van der Waals surface area contributed by atoms with E-state index in [1.54, 1.807) is 0 Å². The van der Waals surface area contributed by atoms with Crippen molar-refractivity contribution in [2.75, 3.05) is 39.6 Å². The molecule has 0 saturated carbocycles. The Morgan fingerprint density at radius 3 is 2.83 bits per heavy atom. The third-order valence-electron chi connectivity index (χ3n) is 1.77. The highest BCUT2D eigenvalue weighted by atomic mass is 16.5. The van der Waals surface area contributed by atoms with Crippen molar-refractivity contribution in [1.82, 2.24) is 5.32 Å². The number of nitrogens with one attached hydrogen (secondary N) is 1. The summed E-state index contributed by atoms with van der Waals surface area (Å²) in [7, 11) is 0. The number of hydrogen-bond acceptors (Lipinski definition) is 4. The minimum atomic E-state index is 0.115. The Morgan fingerprint density at radius 1 is 1.42 bits per heavy atom. The van der Waals surface area contributed by atoms with Gasteiger partial charge in [0.05, 0.1) is 32.5 Å². The maximum atomic E-state index is 8.40. The zero-order valence-electron chi connectivity index (χ0n) is 7.29. The first kappa shape index (κ1) is 9.92. The lowest BCUT2D eigenvalue weighted by Crippen LogP contribution is -2.46. The summed E-state index contributed by atoms with van der Waals surface area (Å²) in [6, 6.07) is 0.558. The third-order valence-corrected chi connectivity index (χ3v) is 1.77. The Bertz CT molecular complexity index is 106. The van der Waals surface area contributed by atoms with Crippen LogP contribution in [0.2, 0.25) is 0 Å². The van der Waals surface area contributed by atoms with Gasteiger partial charge in [0.1, 0.15) is 0 Å². The molecular formula is C8H17NO3. The first-order valence-corrected chi connectivity index (χ1v) is 4.43. The molecular weight excluding hydrogens is 158 g/mol. The molecule has 0 aromatic rings. The summed E-state index contributed by atoms with van der Waals surface area (Å²) in [4.78, 5) is 0. The third kappa shape index (κ3) is 4.01. The first-order valence-electron chi connectivity index (χ1n) is 4.43. The first-order chi connectivity index (χ1) is 5.93. The van der Waals surface area contributed by atoms with Crippen LogP contribution in [0.4, 0.5) is 0 Å². The van der Waals surface area contributed by atoms with Crippen molar-refractivity contribution in [3.05, 3.63) is 0 Å². The number of ether oxygens (including phenoxy) is 2. The maximum Gasteiger partial charge on any atom is 0.0697 e. The van der Waals surface area contributed by atoms with Gasteiger partial charge in [-0.2, -0.15) is 0 Å². The van der Waals surface area contributed by atoms with Gasteiger partial charge in [0.2, 0.25) is 0 Å². The SMILES string of the molecule is OCCOCCCNC1COC1. The molecule has 0 aliphatic carbocycles. The van der Waals surface area contributed by atoms with Gasteiger partial charge in [0.15, 0.2) is 0 Å². The molecule has 1 aliphatic heterocycles. The lowest BCUT2D eigenvalue weighted by atomic mass is 10.2. The second-order valence-corrected chi connectivity index (χ2v) is 2.88. The monoisotopic (exact) mass is 175 g/mol. The van der Waals surface area contributed by atoms with E-state index < -0.39 is 0 Å². The summed E-state index contributed by atoms with van der Waals surface area (Å²) in [5.74, 6) is 0. The van der Waals surface area contributed by atoms with Crippen LogP contribution in [0.25, 0.3) is 0 Å². The fourth-order valence-electron chi connectivity index (χ4n) is 1.00. The van der Waals surface area contributed by atoms with Crippen LogP contribution in [0.5, 0.6) is 0 Å².